The summed E-state index contributed by atoms with van der Waals surface area (Å²) < 4.78 is 4.00. The topological polar surface area (TPSA) is 84.9 Å². The second-order valence-corrected chi connectivity index (χ2v) is 6.32. The van der Waals surface area contributed by atoms with Crippen molar-refractivity contribution < 1.29 is 0 Å². The lowest BCUT2D eigenvalue weighted by Gasteiger charge is -2.18. The highest BCUT2D eigenvalue weighted by Crippen LogP contribution is 2.14. The van der Waals surface area contributed by atoms with Crippen molar-refractivity contribution >= 4 is 29.9 Å². The number of nitrogens with one attached hydrogen (secondary N) is 2. The van der Waals surface area contributed by atoms with Crippen molar-refractivity contribution in [2.24, 2.45) is 12.0 Å². The summed E-state index contributed by atoms with van der Waals surface area (Å²) >= 11 is 0. The summed E-state index contributed by atoms with van der Waals surface area (Å²) in [5.74, 6) is 1.80. The lowest BCUT2D eigenvalue weighted by atomic mass is 10.1. The number of aromatic nitrogens is 5. The molecule has 0 saturated heterocycles. The number of nitrogens with zero attached hydrogens (tertiary/aromatic N) is 6. The summed E-state index contributed by atoms with van der Waals surface area (Å²) in [7, 11) is 3.78. The van der Waals surface area contributed by atoms with E-state index in [1.165, 1.54) is 11.3 Å². The highest BCUT2D eigenvalue weighted by atomic mass is 127. The Hall–Kier alpha value is -1.65. The van der Waals surface area contributed by atoms with Gasteiger partial charge in [-0.15, -0.1) is 34.2 Å². The number of guanidine groups is 1. The lowest BCUT2D eigenvalue weighted by Crippen LogP contribution is -2.44. The first-order valence-corrected chi connectivity index (χ1v) is 8.79. The van der Waals surface area contributed by atoms with Gasteiger partial charge in [-0.25, -0.2) is 0 Å². The Kier molecular flexibility index (Phi) is 9.03. The van der Waals surface area contributed by atoms with Crippen LogP contribution in [0.25, 0.3) is 0 Å². The quantitative estimate of drug-likeness (QED) is 0.362. The molecule has 0 spiro atoms. The molecular weight excluding hydrogens is 443 g/mol. The van der Waals surface area contributed by atoms with Gasteiger partial charge in [-0.1, -0.05) is 6.92 Å². The highest BCUT2D eigenvalue weighted by Gasteiger charge is 2.14. The molecule has 2 aromatic heterocycles. The molecule has 9 heteroatoms. The maximum absolute atomic E-state index is 4.49. The molecule has 0 fully saturated rings. The van der Waals surface area contributed by atoms with E-state index in [1.807, 2.05) is 11.7 Å². The van der Waals surface area contributed by atoms with Crippen LogP contribution in [0.5, 0.6) is 0 Å². The van der Waals surface area contributed by atoms with Crippen molar-refractivity contribution in [2.45, 2.75) is 53.1 Å². The maximum Gasteiger partial charge on any atom is 0.191 e. The van der Waals surface area contributed by atoms with Crippen LogP contribution < -0.4 is 10.6 Å². The Morgan fingerprint density at radius 3 is 2.65 bits per heavy atom. The van der Waals surface area contributed by atoms with Crippen molar-refractivity contribution in [3.05, 3.63) is 29.1 Å². The smallest absolute Gasteiger partial charge is 0.191 e. The molecule has 1 unspecified atom stereocenters. The fourth-order valence-electron chi connectivity index (χ4n) is 2.93. The minimum atomic E-state index is 0. The van der Waals surface area contributed by atoms with Crippen LogP contribution >= 0.6 is 24.0 Å². The summed E-state index contributed by atoms with van der Waals surface area (Å²) in [6.45, 7) is 9.99. The van der Waals surface area contributed by atoms with E-state index in [2.05, 4.69) is 63.2 Å². The van der Waals surface area contributed by atoms with Crippen molar-refractivity contribution in [2.75, 3.05) is 13.6 Å². The molecule has 2 N–H and O–H groups in total. The third kappa shape index (κ3) is 5.68. The first kappa shape index (κ1) is 22.4. The summed E-state index contributed by atoms with van der Waals surface area (Å²) in [4.78, 5) is 4.31. The van der Waals surface area contributed by atoms with Gasteiger partial charge in [0.1, 0.15) is 12.2 Å². The van der Waals surface area contributed by atoms with Gasteiger partial charge in [0, 0.05) is 45.3 Å². The van der Waals surface area contributed by atoms with E-state index >= 15 is 0 Å². The lowest BCUT2D eigenvalue weighted by molar-refractivity contribution is 0.607. The standard InChI is InChI=1S/C17H30N8.HI/c1-7-16-22-20-11-25(16)9-8-19-17(18-5)21-12(2)10-15-13(3)23-24(6)14(15)4;/h11-12H,7-10H2,1-6H3,(H2,18,19,21);1H. The second kappa shape index (κ2) is 10.5. The van der Waals surface area contributed by atoms with Crippen molar-refractivity contribution in [3.8, 4) is 0 Å². The number of aryl methyl sites for hydroxylation is 3. The molecule has 8 nitrogen and oxygen atoms in total. The molecule has 0 aliphatic carbocycles. The van der Waals surface area contributed by atoms with Crippen LogP contribution in [-0.2, 0) is 26.4 Å². The largest absolute Gasteiger partial charge is 0.355 e. The third-order valence-electron chi connectivity index (χ3n) is 4.43. The van der Waals surface area contributed by atoms with Crippen LogP contribution in [0.4, 0.5) is 0 Å². The normalized spacial score (nSPS) is 12.6. The first-order valence-electron chi connectivity index (χ1n) is 8.79. The number of halogens is 1. The SMILES string of the molecule is CCc1nncn1CCNC(=NC)NC(C)Cc1c(C)nn(C)c1C.I. The molecule has 2 heterocycles. The zero-order chi connectivity index (χ0) is 18.4. The van der Waals surface area contributed by atoms with Gasteiger partial charge in [0.05, 0.1) is 5.69 Å². The molecule has 1 atom stereocenters. The molecular formula is C17H31IN8. The van der Waals surface area contributed by atoms with Gasteiger partial charge in [0.15, 0.2) is 5.96 Å². The minimum absolute atomic E-state index is 0. The number of hydrogen-bond donors (Lipinski definition) is 2. The Bertz CT molecular complexity index is 718. The van der Waals surface area contributed by atoms with Gasteiger partial charge >= 0.3 is 0 Å². The average Bonchev–Trinajstić information content (AvgIpc) is 3.13. The average molecular weight is 474 g/mol. The zero-order valence-electron chi connectivity index (χ0n) is 16.6. The fraction of sp³-hybridized carbons (Fsp3) is 0.647. The van der Waals surface area contributed by atoms with Gasteiger partial charge < -0.3 is 15.2 Å². The Labute approximate surface area is 172 Å². The Morgan fingerprint density at radius 2 is 2.08 bits per heavy atom. The van der Waals surface area contributed by atoms with Crippen LogP contribution in [0.2, 0.25) is 0 Å². The van der Waals surface area contributed by atoms with Crippen molar-refractivity contribution in [1.82, 2.24) is 35.2 Å². The number of rotatable bonds is 7. The van der Waals surface area contributed by atoms with E-state index in [4.69, 9.17) is 0 Å². The van der Waals surface area contributed by atoms with Crippen molar-refractivity contribution in [3.63, 3.8) is 0 Å². The second-order valence-electron chi connectivity index (χ2n) is 6.32. The van der Waals surface area contributed by atoms with Crippen molar-refractivity contribution in [1.29, 1.82) is 0 Å². The molecule has 0 amide bonds. The molecule has 2 aromatic rings. The van der Waals surface area contributed by atoms with E-state index in [0.29, 0.717) is 0 Å². The molecule has 2 rings (SSSR count). The maximum atomic E-state index is 4.49. The molecule has 0 aliphatic heterocycles. The Balaban J connectivity index is 0.00000338. The third-order valence-corrected chi connectivity index (χ3v) is 4.43. The summed E-state index contributed by atoms with van der Waals surface area (Å²) in [6, 6.07) is 0.258. The zero-order valence-corrected chi connectivity index (χ0v) is 18.9. The van der Waals surface area contributed by atoms with E-state index in [9.17, 15) is 0 Å². The predicted molar refractivity (Wildman–Crippen MR) is 115 cm³/mol. The molecule has 0 aliphatic rings. The van der Waals surface area contributed by atoms with E-state index < -0.39 is 0 Å². The van der Waals surface area contributed by atoms with E-state index in [0.717, 1.165) is 43.4 Å². The number of aliphatic imine (C=N–C) groups is 1. The van der Waals surface area contributed by atoms with Crippen LogP contribution in [0.1, 0.15) is 36.6 Å². The highest BCUT2D eigenvalue weighted by molar-refractivity contribution is 14.0. The molecule has 0 bridgehead atoms. The molecule has 146 valence electrons. The first-order chi connectivity index (χ1) is 12.0. The van der Waals surface area contributed by atoms with Gasteiger partial charge in [-0.05, 0) is 32.8 Å². The molecule has 0 saturated carbocycles. The minimum Gasteiger partial charge on any atom is -0.355 e. The van der Waals surface area contributed by atoms with E-state index in [1.54, 1.807) is 13.4 Å². The van der Waals surface area contributed by atoms with Crippen LogP contribution in [-0.4, -0.2) is 50.1 Å². The summed E-state index contributed by atoms with van der Waals surface area (Å²) in [5, 5.41) is 19.3. The molecule has 0 radical (unpaired) electrons. The van der Waals surface area contributed by atoms with Gasteiger partial charge in [0.2, 0.25) is 0 Å². The predicted octanol–water partition coefficient (Wildman–Crippen LogP) is 1.61. The molecule has 26 heavy (non-hydrogen) atoms. The summed E-state index contributed by atoms with van der Waals surface area (Å²) in [6.07, 6.45) is 3.57. The summed E-state index contributed by atoms with van der Waals surface area (Å²) in [5.41, 5.74) is 3.61. The van der Waals surface area contributed by atoms with Crippen LogP contribution in [0.3, 0.4) is 0 Å². The van der Waals surface area contributed by atoms with Gasteiger partial charge in [-0.3, -0.25) is 9.67 Å². The van der Waals surface area contributed by atoms with Crippen LogP contribution in [0.15, 0.2) is 11.3 Å². The van der Waals surface area contributed by atoms with E-state index in [-0.39, 0.29) is 30.0 Å². The fourth-order valence-corrected chi connectivity index (χ4v) is 2.93. The van der Waals surface area contributed by atoms with Crippen LogP contribution in [0, 0.1) is 13.8 Å². The monoisotopic (exact) mass is 474 g/mol. The van der Waals surface area contributed by atoms with Gasteiger partial charge in [-0.2, -0.15) is 5.10 Å². The Morgan fingerprint density at radius 1 is 1.35 bits per heavy atom. The number of hydrogen-bond acceptors (Lipinski definition) is 4. The van der Waals surface area contributed by atoms with Gasteiger partial charge in [0.25, 0.3) is 0 Å². The molecule has 0 aromatic carbocycles.